The van der Waals surface area contributed by atoms with Crippen LogP contribution in [0.2, 0.25) is 18.1 Å². The molecule has 2 aromatic rings. The molecule has 0 saturated heterocycles. The van der Waals surface area contributed by atoms with Crippen LogP contribution < -0.4 is 0 Å². The summed E-state index contributed by atoms with van der Waals surface area (Å²) in [5.74, 6) is -0.620. The molecule has 0 amide bonds. The van der Waals surface area contributed by atoms with Gasteiger partial charge in [-0.15, -0.1) is 0 Å². The quantitative estimate of drug-likeness (QED) is 0.206. The molecule has 5 nitrogen and oxygen atoms in total. The Morgan fingerprint density at radius 2 is 1.67 bits per heavy atom. The lowest BCUT2D eigenvalue weighted by Crippen LogP contribution is -2.45. The Kier molecular flexibility index (Phi) is 7.60. The molecule has 1 aliphatic rings. The second kappa shape index (κ2) is 10.1. The van der Waals surface area contributed by atoms with Gasteiger partial charge in [0.25, 0.3) is 6.47 Å². The van der Waals surface area contributed by atoms with E-state index in [1.165, 1.54) is 0 Å². The molecule has 0 N–H and O–H groups in total. The maximum Gasteiger partial charge on any atom is 0.338 e. The van der Waals surface area contributed by atoms with E-state index in [4.69, 9.17) is 13.9 Å². The van der Waals surface area contributed by atoms with Crippen molar-refractivity contribution in [2.24, 2.45) is 5.92 Å². The molecule has 3 rings (SSSR count). The highest BCUT2D eigenvalue weighted by Crippen LogP contribution is 2.42. The van der Waals surface area contributed by atoms with Gasteiger partial charge in [0.05, 0.1) is 11.7 Å². The van der Waals surface area contributed by atoms with Gasteiger partial charge in [-0.25, -0.2) is 4.79 Å². The molecule has 0 aromatic heterocycles. The van der Waals surface area contributed by atoms with Gasteiger partial charge in [0.2, 0.25) is 0 Å². The smallest absolute Gasteiger partial charge is 0.338 e. The van der Waals surface area contributed by atoms with Gasteiger partial charge in [0, 0.05) is 12.3 Å². The average molecular weight is 467 g/mol. The second-order valence-corrected chi connectivity index (χ2v) is 14.9. The fourth-order valence-corrected chi connectivity index (χ4v) is 5.16. The van der Waals surface area contributed by atoms with Gasteiger partial charge >= 0.3 is 5.97 Å². The molecule has 0 bridgehead atoms. The first-order chi connectivity index (χ1) is 15.5. The zero-order valence-electron chi connectivity index (χ0n) is 20.2. The predicted octanol–water partition coefficient (Wildman–Crippen LogP) is 6.02. The van der Waals surface area contributed by atoms with E-state index in [2.05, 4.69) is 40.4 Å². The minimum Gasteiger partial charge on any atom is -0.461 e. The maximum absolute atomic E-state index is 12.7. The third-order valence-corrected chi connectivity index (χ3v) is 11.4. The molecule has 3 atom stereocenters. The minimum atomic E-state index is -2.08. The third kappa shape index (κ3) is 5.81. The van der Waals surface area contributed by atoms with Crippen molar-refractivity contribution in [2.45, 2.75) is 57.5 Å². The standard InChI is InChI=1S/C27H34O5Si/c1-19-23(25(16-24(19)31-18-28)32-33(5,6)27(2,3)4)17-30-26(29)22-14-12-21(13-15-22)20-10-8-7-9-11-20/h7-15,18,23-25H,1,16-17H2,2-6H3/t23-,24+,25-/m0/s1. The molecule has 33 heavy (non-hydrogen) atoms. The van der Waals surface area contributed by atoms with Gasteiger partial charge in [-0.3, -0.25) is 4.79 Å². The number of benzene rings is 2. The van der Waals surface area contributed by atoms with E-state index in [0.29, 0.717) is 18.5 Å². The van der Waals surface area contributed by atoms with Crippen molar-refractivity contribution in [3.05, 3.63) is 72.3 Å². The molecule has 1 saturated carbocycles. The maximum atomic E-state index is 12.7. The summed E-state index contributed by atoms with van der Waals surface area (Å²) in [6.07, 6.45) is -0.110. The Morgan fingerprint density at radius 3 is 2.24 bits per heavy atom. The normalized spacial score (nSPS) is 21.0. The first kappa shape index (κ1) is 24.9. The van der Waals surface area contributed by atoms with E-state index >= 15 is 0 Å². The van der Waals surface area contributed by atoms with Crippen molar-refractivity contribution in [3.8, 4) is 11.1 Å². The number of esters is 1. The molecular formula is C27H34O5Si. The topological polar surface area (TPSA) is 61.8 Å². The summed E-state index contributed by atoms with van der Waals surface area (Å²) in [7, 11) is -2.08. The van der Waals surface area contributed by atoms with E-state index in [0.717, 1.165) is 16.7 Å². The Hall–Kier alpha value is -2.70. The van der Waals surface area contributed by atoms with Crippen molar-refractivity contribution < 1.29 is 23.5 Å². The zero-order chi connectivity index (χ0) is 24.2. The number of carbonyl (C=O) groups is 2. The van der Waals surface area contributed by atoms with Gasteiger partial charge in [0.1, 0.15) is 12.7 Å². The first-order valence-electron chi connectivity index (χ1n) is 11.3. The molecule has 1 fully saturated rings. The Labute approximate surface area is 197 Å². The summed E-state index contributed by atoms with van der Waals surface area (Å²) in [6.45, 7) is 15.6. The van der Waals surface area contributed by atoms with E-state index in [-0.39, 0.29) is 23.7 Å². The van der Waals surface area contributed by atoms with Crippen LogP contribution in [0.25, 0.3) is 11.1 Å². The van der Waals surface area contributed by atoms with E-state index in [1.807, 2.05) is 42.5 Å². The Morgan fingerprint density at radius 1 is 1.06 bits per heavy atom. The molecule has 0 aliphatic heterocycles. The highest BCUT2D eigenvalue weighted by atomic mass is 28.4. The lowest BCUT2D eigenvalue weighted by Gasteiger charge is -2.39. The van der Waals surface area contributed by atoms with E-state index in [9.17, 15) is 9.59 Å². The molecule has 0 unspecified atom stereocenters. The van der Waals surface area contributed by atoms with Crippen molar-refractivity contribution in [1.29, 1.82) is 0 Å². The van der Waals surface area contributed by atoms with Gasteiger partial charge in [-0.05, 0) is 47.0 Å². The summed E-state index contributed by atoms with van der Waals surface area (Å²) in [4.78, 5) is 23.7. The molecule has 176 valence electrons. The van der Waals surface area contributed by atoms with Crippen LogP contribution in [-0.4, -0.2) is 39.6 Å². The average Bonchev–Trinajstić information content (AvgIpc) is 3.05. The van der Waals surface area contributed by atoms with Gasteiger partial charge < -0.3 is 13.9 Å². The molecule has 1 aliphatic carbocycles. The summed E-state index contributed by atoms with van der Waals surface area (Å²) >= 11 is 0. The number of hydrogen-bond acceptors (Lipinski definition) is 5. The van der Waals surface area contributed by atoms with Crippen LogP contribution in [0.1, 0.15) is 37.6 Å². The van der Waals surface area contributed by atoms with Crippen molar-refractivity contribution in [2.75, 3.05) is 6.61 Å². The molecular weight excluding hydrogens is 432 g/mol. The minimum absolute atomic E-state index is 0.0274. The van der Waals surface area contributed by atoms with Crippen molar-refractivity contribution in [3.63, 3.8) is 0 Å². The Balaban J connectivity index is 1.69. The summed E-state index contributed by atoms with van der Waals surface area (Å²) in [6, 6.07) is 17.4. The summed E-state index contributed by atoms with van der Waals surface area (Å²) in [5.41, 5.74) is 3.35. The van der Waals surface area contributed by atoms with Crippen molar-refractivity contribution >= 4 is 20.8 Å². The van der Waals surface area contributed by atoms with Crippen LogP contribution in [0, 0.1) is 5.92 Å². The molecule has 2 aromatic carbocycles. The van der Waals surface area contributed by atoms with Gasteiger partial charge in [-0.1, -0.05) is 69.8 Å². The SMILES string of the molecule is C=C1[C@H](OC=O)C[C@H](O[Si](C)(C)C(C)(C)C)[C@H]1COC(=O)c1ccc(-c2ccccc2)cc1. The molecule has 0 radical (unpaired) electrons. The molecule has 6 heteroatoms. The lowest BCUT2D eigenvalue weighted by atomic mass is 10.0. The molecule has 0 spiro atoms. The number of carbonyl (C=O) groups excluding carboxylic acids is 2. The fraction of sp³-hybridized carbons (Fsp3) is 0.407. The summed E-state index contributed by atoms with van der Waals surface area (Å²) < 4.78 is 17.5. The predicted molar refractivity (Wildman–Crippen MR) is 132 cm³/mol. The van der Waals surface area contributed by atoms with Gasteiger partial charge in [-0.2, -0.15) is 0 Å². The third-order valence-electron chi connectivity index (χ3n) is 6.88. The van der Waals surface area contributed by atoms with Crippen LogP contribution in [0.5, 0.6) is 0 Å². The second-order valence-electron chi connectivity index (χ2n) is 10.1. The van der Waals surface area contributed by atoms with Crippen LogP contribution in [0.3, 0.4) is 0 Å². The molecule has 0 heterocycles. The largest absolute Gasteiger partial charge is 0.461 e. The van der Waals surface area contributed by atoms with Crippen molar-refractivity contribution in [1.82, 2.24) is 0 Å². The first-order valence-corrected chi connectivity index (χ1v) is 14.2. The lowest BCUT2D eigenvalue weighted by molar-refractivity contribution is -0.132. The zero-order valence-corrected chi connectivity index (χ0v) is 21.2. The van der Waals surface area contributed by atoms with Crippen LogP contribution in [-0.2, 0) is 18.7 Å². The van der Waals surface area contributed by atoms with Crippen LogP contribution in [0.15, 0.2) is 66.7 Å². The summed E-state index contributed by atoms with van der Waals surface area (Å²) in [5, 5.41) is 0.0274. The fourth-order valence-electron chi connectivity index (χ4n) is 3.79. The number of ether oxygens (including phenoxy) is 2. The van der Waals surface area contributed by atoms with Crippen LogP contribution in [0.4, 0.5) is 0 Å². The Bertz CT molecular complexity index is 976. The highest BCUT2D eigenvalue weighted by molar-refractivity contribution is 6.74. The number of hydrogen-bond donors (Lipinski definition) is 0. The highest BCUT2D eigenvalue weighted by Gasteiger charge is 2.46. The monoisotopic (exact) mass is 466 g/mol. The van der Waals surface area contributed by atoms with E-state index in [1.54, 1.807) is 12.1 Å². The van der Waals surface area contributed by atoms with E-state index < -0.39 is 20.4 Å². The van der Waals surface area contributed by atoms with Gasteiger partial charge in [0.15, 0.2) is 8.32 Å². The number of rotatable bonds is 8. The van der Waals surface area contributed by atoms with Crippen LogP contribution >= 0.6 is 0 Å².